The van der Waals surface area contributed by atoms with E-state index in [2.05, 4.69) is 10.6 Å². The van der Waals surface area contributed by atoms with Gasteiger partial charge >= 0.3 is 0 Å². The van der Waals surface area contributed by atoms with E-state index in [0.29, 0.717) is 9.88 Å². The number of hydrogen-bond donors (Lipinski definition) is 2. The van der Waals surface area contributed by atoms with E-state index in [4.69, 9.17) is 16.3 Å². The average Bonchev–Trinajstić information content (AvgIpc) is 3.11. The van der Waals surface area contributed by atoms with Crippen molar-refractivity contribution < 1.29 is 18.7 Å². The van der Waals surface area contributed by atoms with Crippen LogP contribution in [0.4, 0.5) is 9.39 Å². The van der Waals surface area contributed by atoms with Crippen LogP contribution in [0.15, 0.2) is 48.5 Å². The predicted molar refractivity (Wildman–Crippen MR) is 122 cm³/mol. The summed E-state index contributed by atoms with van der Waals surface area (Å²) in [5.41, 5.74) is 1.88. The number of methoxy groups -OCH3 is 1. The summed E-state index contributed by atoms with van der Waals surface area (Å²) in [5, 5.41) is 6.30. The lowest BCUT2D eigenvalue weighted by Crippen LogP contribution is -2.27. The lowest BCUT2D eigenvalue weighted by molar-refractivity contribution is 0.0938. The number of thiophene rings is 1. The molecule has 162 valence electrons. The summed E-state index contributed by atoms with van der Waals surface area (Å²) >= 11 is 7.13. The van der Waals surface area contributed by atoms with Crippen LogP contribution in [-0.2, 0) is 0 Å². The molecule has 0 saturated heterocycles. The normalized spacial score (nSPS) is 11.6. The number of ether oxygens (including phenoxy) is 1. The van der Waals surface area contributed by atoms with Gasteiger partial charge in [0.1, 0.15) is 11.6 Å². The molecule has 2 amide bonds. The second kappa shape index (κ2) is 9.94. The van der Waals surface area contributed by atoms with Gasteiger partial charge in [0.25, 0.3) is 11.8 Å². The molecule has 8 heteroatoms. The van der Waals surface area contributed by atoms with Crippen LogP contribution in [0, 0.1) is 12.7 Å². The highest BCUT2D eigenvalue weighted by Gasteiger charge is 2.20. The molecule has 1 aromatic heterocycles. The van der Waals surface area contributed by atoms with Gasteiger partial charge in [0.15, 0.2) is 0 Å². The maximum Gasteiger partial charge on any atom is 0.262 e. The van der Waals surface area contributed by atoms with Crippen LogP contribution >= 0.6 is 22.9 Å². The number of carbonyl (C=O) groups is 2. The van der Waals surface area contributed by atoms with E-state index in [1.807, 2.05) is 31.2 Å². The van der Waals surface area contributed by atoms with E-state index in [1.54, 1.807) is 20.1 Å². The SMILES string of the molecule is CCC(NC(=O)c1sc(NC(=O)c2ccc(F)cc2Cl)cc1C)c1ccc(OC)cc1. The Morgan fingerprint density at radius 2 is 1.84 bits per heavy atom. The van der Waals surface area contributed by atoms with E-state index in [1.165, 1.54) is 23.5 Å². The standard InChI is InChI=1S/C23H22ClFN2O3S/c1-4-19(14-5-8-16(30-3)9-6-14)26-23(29)21-13(2)11-20(31-21)27-22(28)17-10-7-15(25)12-18(17)24/h5-12,19H,4H2,1-3H3,(H,26,29)(H,27,28). The predicted octanol–water partition coefficient (Wildman–Crippen LogP) is 5.99. The Labute approximate surface area is 189 Å². The molecule has 0 spiro atoms. The maximum atomic E-state index is 13.2. The minimum atomic E-state index is -0.519. The van der Waals surface area contributed by atoms with Crippen LogP contribution in [0.1, 0.15) is 50.5 Å². The van der Waals surface area contributed by atoms with Crippen molar-refractivity contribution >= 4 is 39.8 Å². The zero-order chi connectivity index (χ0) is 22.5. The first-order valence-electron chi connectivity index (χ1n) is 9.64. The molecule has 0 bridgehead atoms. The van der Waals surface area contributed by atoms with Crippen molar-refractivity contribution in [3.05, 3.63) is 80.9 Å². The quantitative estimate of drug-likeness (QED) is 0.455. The van der Waals surface area contributed by atoms with E-state index in [0.717, 1.165) is 29.4 Å². The zero-order valence-corrected chi connectivity index (χ0v) is 18.9. The van der Waals surface area contributed by atoms with Crippen molar-refractivity contribution in [1.29, 1.82) is 0 Å². The second-order valence-electron chi connectivity index (χ2n) is 6.91. The largest absolute Gasteiger partial charge is 0.497 e. The Kier molecular flexibility index (Phi) is 7.30. The van der Waals surface area contributed by atoms with E-state index < -0.39 is 11.7 Å². The number of rotatable bonds is 7. The summed E-state index contributed by atoms with van der Waals surface area (Å²) in [7, 11) is 1.61. The fourth-order valence-corrected chi connectivity index (χ4v) is 4.33. The summed E-state index contributed by atoms with van der Waals surface area (Å²) < 4.78 is 18.4. The molecule has 0 aliphatic heterocycles. The van der Waals surface area contributed by atoms with Crippen molar-refractivity contribution in [1.82, 2.24) is 5.32 Å². The molecule has 1 atom stereocenters. The van der Waals surface area contributed by atoms with Gasteiger partial charge in [0, 0.05) is 0 Å². The molecular weight excluding hydrogens is 439 g/mol. The van der Waals surface area contributed by atoms with Crippen molar-refractivity contribution in [3.8, 4) is 5.75 Å². The topological polar surface area (TPSA) is 67.4 Å². The van der Waals surface area contributed by atoms with Gasteiger partial charge in [-0.25, -0.2) is 4.39 Å². The van der Waals surface area contributed by atoms with Gasteiger partial charge in [-0.05, 0) is 60.9 Å². The molecule has 0 saturated carbocycles. The summed E-state index contributed by atoms with van der Waals surface area (Å²) in [4.78, 5) is 25.9. The minimum Gasteiger partial charge on any atom is -0.497 e. The smallest absolute Gasteiger partial charge is 0.262 e. The van der Waals surface area contributed by atoms with Crippen molar-refractivity contribution in [2.24, 2.45) is 0 Å². The number of nitrogens with one attached hydrogen (secondary N) is 2. The van der Waals surface area contributed by atoms with Crippen molar-refractivity contribution in [2.45, 2.75) is 26.3 Å². The summed E-state index contributed by atoms with van der Waals surface area (Å²) in [5.74, 6) is -0.455. The molecule has 2 aromatic carbocycles. The molecule has 31 heavy (non-hydrogen) atoms. The van der Waals surface area contributed by atoms with Gasteiger partial charge in [-0.2, -0.15) is 0 Å². The van der Waals surface area contributed by atoms with Crippen LogP contribution in [0.25, 0.3) is 0 Å². The lowest BCUT2D eigenvalue weighted by atomic mass is 10.0. The Bertz CT molecular complexity index is 1100. The first-order chi connectivity index (χ1) is 14.8. The Hall–Kier alpha value is -2.90. The van der Waals surface area contributed by atoms with Gasteiger partial charge in [-0.15, -0.1) is 11.3 Å². The minimum absolute atomic E-state index is 0.0222. The van der Waals surface area contributed by atoms with Crippen LogP contribution in [-0.4, -0.2) is 18.9 Å². The molecule has 0 aliphatic rings. The molecule has 2 N–H and O–H groups in total. The van der Waals surface area contributed by atoms with Gasteiger partial charge in [-0.3, -0.25) is 9.59 Å². The lowest BCUT2D eigenvalue weighted by Gasteiger charge is -2.17. The number of amides is 2. The molecule has 1 unspecified atom stereocenters. The summed E-state index contributed by atoms with van der Waals surface area (Å²) in [6.07, 6.45) is 0.717. The van der Waals surface area contributed by atoms with Gasteiger partial charge in [0.05, 0.1) is 33.6 Å². The van der Waals surface area contributed by atoms with E-state index >= 15 is 0 Å². The monoisotopic (exact) mass is 460 g/mol. The molecule has 1 heterocycles. The number of benzene rings is 2. The zero-order valence-electron chi connectivity index (χ0n) is 17.3. The Morgan fingerprint density at radius 3 is 2.45 bits per heavy atom. The van der Waals surface area contributed by atoms with Crippen molar-refractivity contribution in [3.63, 3.8) is 0 Å². The third-order valence-corrected chi connectivity index (χ3v) is 6.23. The highest BCUT2D eigenvalue weighted by atomic mass is 35.5. The summed E-state index contributed by atoms with van der Waals surface area (Å²) in [6, 6.07) is 12.7. The Morgan fingerprint density at radius 1 is 1.13 bits per heavy atom. The number of hydrogen-bond acceptors (Lipinski definition) is 4. The fraction of sp³-hybridized carbons (Fsp3) is 0.217. The highest BCUT2D eigenvalue weighted by Crippen LogP contribution is 2.29. The molecule has 0 aliphatic carbocycles. The molecule has 5 nitrogen and oxygen atoms in total. The first kappa shape index (κ1) is 22.8. The molecule has 3 rings (SSSR count). The van der Waals surface area contributed by atoms with Gasteiger partial charge < -0.3 is 15.4 Å². The van der Waals surface area contributed by atoms with E-state index in [9.17, 15) is 14.0 Å². The second-order valence-corrected chi connectivity index (χ2v) is 8.37. The Balaban J connectivity index is 1.72. The van der Waals surface area contributed by atoms with Gasteiger partial charge in [-0.1, -0.05) is 30.7 Å². The van der Waals surface area contributed by atoms with Gasteiger partial charge in [0.2, 0.25) is 0 Å². The molecule has 3 aromatic rings. The fourth-order valence-electron chi connectivity index (χ4n) is 3.10. The maximum absolute atomic E-state index is 13.2. The van der Waals surface area contributed by atoms with E-state index in [-0.39, 0.29) is 22.5 Å². The summed E-state index contributed by atoms with van der Waals surface area (Å²) in [6.45, 7) is 3.80. The highest BCUT2D eigenvalue weighted by molar-refractivity contribution is 7.18. The number of carbonyl (C=O) groups excluding carboxylic acids is 2. The molecular formula is C23H22ClFN2O3S. The molecule has 0 radical (unpaired) electrons. The van der Waals surface area contributed by atoms with Crippen LogP contribution in [0.3, 0.4) is 0 Å². The van der Waals surface area contributed by atoms with Crippen LogP contribution < -0.4 is 15.4 Å². The van der Waals surface area contributed by atoms with Crippen LogP contribution in [0.5, 0.6) is 5.75 Å². The third-order valence-electron chi connectivity index (χ3n) is 4.77. The third kappa shape index (κ3) is 5.42. The number of halogens is 2. The van der Waals surface area contributed by atoms with Crippen molar-refractivity contribution in [2.75, 3.05) is 12.4 Å². The van der Waals surface area contributed by atoms with Crippen LogP contribution in [0.2, 0.25) is 5.02 Å². The average molecular weight is 461 g/mol. The molecule has 0 fully saturated rings. The number of anilines is 1. The number of aryl methyl sites for hydroxylation is 1. The first-order valence-corrected chi connectivity index (χ1v) is 10.8.